The molecule has 1 unspecified atom stereocenters. The average molecular weight is 394 g/mol. The second-order valence-electron chi connectivity index (χ2n) is 6.45. The monoisotopic (exact) mass is 393 g/mol. The number of ether oxygens (including phenoxy) is 2. The van der Waals surface area contributed by atoms with E-state index in [0.29, 0.717) is 41.9 Å². The van der Waals surface area contributed by atoms with Gasteiger partial charge in [0.15, 0.2) is 0 Å². The summed E-state index contributed by atoms with van der Waals surface area (Å²) < 4.78 is 11.6. The second kappa shape index (κ2) is 8.30. The van der Waals surface area contributed by atoms with Crippen LogP contribution in [0.1, 0.15) is 21.5 Å². The molecule has 1 saturated heterocycles. The van der Waals surface area contributed by atoms with Crippen LogP contribution < -0.4 is 4.74 Å². The van der Waals surface area contributed by atoms with Gasteiger partial charge in [0.05, 0.1) is 23.7 Å². The average Bonchev–Trinajstić information content (AvgIpc) is 2.64. The van der Waals surface area contributed by atoms with Gasteiger partial charge in [0.2, 0.25) is 0 Å². The fraction of sp³-hybridized carbons (Fsp3) is 0.350. The van der Waals surface area contributed by atoms with Crippen molar-refractivity contribution in [2.75, 3.05) is 26.3 Å². The van der Waals surface area contributed by atoms with E-state index in [4.69, 9.17) is 32.7 Å². The van der Waals surface area contributed by atoms with Crippen LogP contribution in [0.5, 0.6) is 5.75 Å². The first-order chi connectivity index (χ1) is 12.4. The number of amides is 1. The van der Waals surface area contributed by atoms with Crippen molar-refractivity contribution in [3.8, 4) is 5.75 Å². The van der Waals surface area contributed by atoms with Gasteiger partial charge in [-0.1, -0.05) is 34.8 Å². The normalized spacial score (nSPS) is 17.2. The van der Waals surface area contributed by atoms with Gasteiger partial charge in [0, 0.05) is 11.6 Å². The lowest BCUT2D eigenvalue weighted by Crippen LogP contribution is -2.47. The second-order valence-corrected chi connectivity index (χ2v) is 7.26. The summed E-state index contributed by atoms with van der Waals surface area (Å²) in [6, 6.07) is 11.0. The number of carbonyl (C=O) groups is 1. The molecule has 1 heterocycles. The molecular weight excluding hydrogens is 373 g/mol. The van der Waals surface area contributed by atoms with Gasteiger partial charge in [-0.25, -0.2) is 0 Å². The van der Waals surface area contributed by atoms with E-state index in [2.05, 4.69) is 0 Å². The third-order valence-electron chi connectivity index (χ3n) is 4.34. The molecule has 3 rings (SSSR count). The molecular formula is C20H21Cl2NO3. The summed E-state index contributed by atoms with van der Waals surface area (Å²) in [5.41, 5.74) is 2.49. The first-order valence-electron chi connectivity index (χ1n) is 8.50. The van der Waals surface area contributed by atoms with Crippen molar-refractivity contribution in [3.05, 3.63) is 63.1 Å². The van der Waals surface area contributed by atoms with Crippen LogP contribution in [0.25, 0.3) is 0 Å². The third-order valence-corrected chi connectivity index (χ3v) is 5.10. The molecule has 2 aromatic carbocycles. The van der Waals surface area contributed by atoms with Crippen LogP contribution in [0.4, 0.5) is 0 Å². The predicted octanol–water partition coefficient (Wildman–Crippen LogP) is 4.53. The Kier molecular flexibility index (Phi) is 6.07. The maximum Gasteiger partial charge on any atom is 0.255 e. The number of halogens is 2. The predicted molar refractivity (Wildman–Crippen MR) is 104 cm³/mol. The van der Waals surface area contributed by atoms with Gasteiger partial charge in [-0.2, -0.15) is 0 Å². The lowest BCUT2D eigenvalue weighted by molar-refractivity contribution is -0.0401. The Morgan fingerprint density at radius 3 is 2.73 bits per heavy atom. The maximum absolute atomic E-state index is 12.8. The standard InChI is InChI=1S/C20H21Cl2NO3/c1-13-3-5-19(22)17(9-13)20(24)23-7-8-25-16(11-23)12-26-15-4-6-18(21)14(2)10-15/h3-6,9-10,16H,7-8,11-12H2,1-2H3. The highest BCUT2D eigenvalue weighted by Gasteiger charge is 2.26. The van der Waals surface area contributed by atoms with Gasteiger partial charge in [-0.15, -0.1) is 0 Å². The van der Waals surface area contributed by atoms with E-state index in [9.17, 15) is 4.79 Å². The summed E-state index contributed by atoms with van der Waals surface area (Å²) in [4.78, 5) is 14.6. The summed E-state index contributed by atoms with van der Waals surface area (Å²) >= 11 is 12.2. The molecule has 1 aliphatic heterocycles. The summed E-state index contributed by atoms with van der Waals surface area (Å²) in [6.45, 7) is 5.72. The van der Waals surface area contributed by atoms with Crippen molar-refractivity contribution in [2.45, 2.75) is 20.0 Å². The van der Waals surface area contributed by atoms with Crippen molar-refractivity contribution in [1.82, 2.24) is 4.90 Å². The van der Waals surface area contributed by atoms with Crippen molar-refractivity contribution in [1.29, 1.82) is 0 Å². The first-order valence-corrected chi connectivity index (χ1v) is 9.25. The Labute approximate surface area is 163 Å². The molecule has 26 heavy (non-hydrogen) atoms. The highest BCUT2D eigenvalue weighted by atomic mass is 35.5. The maximum atomic E-state index is 12.8. The van der Waals surface area contributed by atoms with Crippen LogP contribution in [-0.2, 0) is 4.74 Å². The quantitative estimate of drug-likeness (QED) is 0.765. The van der Waals surface area contributed by atoms with Crippen LogP contribution in [0, 0.1) is 13.8 Å². The summed E-state index contributed by atoms with van der Waals surface area (Å²) in [6.07, 6.45) is -0.188. The minimum atomic E-state index is -0.188. The summed E-state index contributed by atoms with van der Waals surface area (Å²) in [5, 5.41) is 1.18. The molecule has 0 saturated carbocycles. The molecule has 0 radical (unpaired) electrons. The number of benzene rings is 2. The number of morpholine rings is 1. The highest BCUT2D eigenvalue weighted by Crippen LogP contribution is 2.23. The summed E-state index contributed by atoms with van der Waals surface area (Å²) in [5.74, 6) is 0.662. The molecule has 1 atom stereocenters. The SMILES string of the molecule is Cc1ccc(Cl)c(C(=O)N2CCOC(COc3ccc(Cl)c(C)c3)C2)c1. The largest absolute Gasteiger partial charge is 0.491 e. The van der Waals surface area contributed by atoms with Gasteiger partial charge >= 0.3 is 0 Å². The molecule has 4 nitrogen and oxygen atoms in total. The molecule has 0 spiro atoms. The summed E-state index contributed by atoms with van der Waals surface area (Å²) in [7, 11) is 0. The van der Waals surface area contributed by atoms with Gasteiger partial charge in [-0.3, -0.25) is 4.79 Å². The first kappa shape index (κ1) is 19.0. The molecule has 1 fully saturated rings. The number of rotatable bonds is 4. The van der Waals surface area contributed by atoms with Gasteiger partial charge in [0.25, 0.3) is 5.91 Å². The molecule has 138 valence electrons. The number of hydrogen-bond acceptors (Lipinski definition) is 3. The zero-order valence-electron chi connectivity index (χ0n) is 14.8. The van der Waals surface area contributed by atoms with E-state index in [1.165, 1.54) is 0 Å². The minimum absolute atomic E-state index is 0.0747. The number of hydrogen-bond donors (Lipinski definition) is 0. The molecule has 6 heteroatoms. The lowest BCUT2D eigenvalue weighted by atomic mass is 10.1. The van der Waals surface area contributed by atoms with E-state index in [1.54, 1.807) is 11.0 Å². The van der Waals surface area contributed by atoms with E-state index >= 15 is 0 Å². The molecule has 1 amide bonds. The Hall–Kier alpha value is -1.75. The zero-order chi connectivity index (χ0) is 18.7. The minimum Gasteiger partial charge on any atom is -0.491 e. The smallest absolute Gasteiger partial charge is 0.255 e. The van der Waals surface area contributed by atoms with Crippen LogP contribution in [-0.4, -0.2) is 43.2 Å². The lowest BCUT2D eigenvalue weighted by Gasteiger charge is -2.33. The molecule has 1 aliphatic rings. The Morgan fingerprint density at radius 1 is 1.19 bits per heavy atom. The Morgan fingerprint density at radius 2 is 1.96 bits per heavy atom. The van der Waals surface area contributed by atoms with Gasteiger partial charge in [-0.05, 0) is 49.7 Å². The van der Waals surface area contributed by atoms with Gasteiger partial charge in [0.1, 0.15) is 18.5 Å². The molecule has 0 aromatic heterocycles. The molecule has 0 aliphatic carbocycles. The highest BCUT2D eigenvalue weighted by molar-refractivity contribution is 6.33. The fourth-order valence-corrected chi connectivity index (χ4v) is 3.19. The van der Waals surface area contributed by atoms with Crippen molar-refractivity contribution in [2.24, 2.45) is 0 Å². The van der Waals surface area contributed by atoms with E-state index in [1.807, 2.05) is 44.2 Å². The molecule has 2 aromatic rings. The zero-order valence-corrected chi connectivity index (χ0v) is 16.3. The van der Waals surface area contributed by atoms with Crippen molar-refractivity contribution < 1.29 is 14.3 Å². The fourth-order valence-electron chi connectivity index (χ4n) is 2.87. The van der Waals surface area contributed by atoms with Crippen LogP contribution in [0.3, 0.4) is 0 Å². The molecule has 0 bridgehead atoms. The Bertz CT molecular complexity index is 810. The number of carbonyl (C=O) groups excluding carboxylic acids is 1. The van der Waals surface area contributed by atoms with Crippen molar-refractivity contribution >= 4 is 29.1 Å². The number of aryl methyl sites for hydroxylation is 2. The van der Waals surface area contributed by atoms with Crippen molar-refractivity contribution in [3.63, 3.8) is 0 Å². The number of nitrogens with zero attached hydrogens (tertiary/aromatic N) is 1. The van der Waals surface area contributed by atoms with Crippen LogP contribution >= 0.6 is 23.2 Å². The van der Waals surface area contributed by atoms with Gasteiger partial charge < -0.3 is 14.4 Å². The third kappa shape index (κ3) is 4.50. The Balaban J connectivity index is 1.62. The van der Waals surface area contributed by atoms with E-state index in [-0.39, 0.29) is 12.0 Å². The van der Waals surface area contributed by atoms with Crippen LogP contribution in [0.2, 0.25) is 10.0 Å². The van der Waals surface area contributed by atoms with E-state index < -0.39 is 0 Å². The molecule has 0 N–H and O–H groups in total. The van der Waals surface area contributed by atoms with E-state index in [0.717, 1.165) is 16.9 Å². The van der Waals surface area contributed by atoms with Crippen LogP contribution in [0.15, 0.2) is 36.4 Å². The topological polar surface area (TPSA) is 38.8 Å².